The molecule has 0 saturated carbocycles. The van der Waals surface area contributed by atoms with Crippen LogP contribution in [0.1, 0.15) is 33.4 Å². The molecule has 0 aliphatic rings. The Kier molecular flexibility index (Phi) is 23.0. The van der Waals surface area contributed by atoms with Crippen LogP contribution in [0.4, 0.5) is 73.4 Å². The van der Waals surface area contributed by atoms with E-state index >= 15 is 0 Å². The minimum Gasteiger partial charge on any atom is -0.489 e. The first-order valence-electron chi connectivity index (χ1n) is 31.5. The topological polar surface area (TPSA) is 400 Å². The van der Waals surface area contributed by atoms with Gasteiger partial charge < -0.3 is 64.8 Å². The molecule has 4 heterocycles. The van der Waals surface area contributed by atoms with Gasteiger partial charge in [-0.25, -0.2) is 0 Å². The number of aromatic nitrogens is 12. The molecular formula is C74H60Cl2F6N20O4. The van der Waals surface area contributed by atoms with Crippen molar-refractivity contribution in [2.24, 2.45) is 0 Å². The van der Waals surface area contributed by atoms with Crippen LogP contribution in [0.25, 0.3) is 66.6 Å². The van der Waals surface area contributed by atoms with Gasteiger partial charge in [0.2, 0.25) is 23.8 Å². The number of nitrogens with zero attached hydrogens (tertiary/aromatic N) is 12. The minimum absolute atomic E-state index is 0.00709. The molecule has 0 unspecified atom stereocenters. The number of anilines is 8. The van der Waals surface area contributed by atoms with Crippen LogP contribution in [0, 0.1) is 0 Å². The Morgan fingerprint density at radius 3 is 1.07 bits per heavy atom. The zero-order valence-electron chi connectivity index (χ0n) is 55.3. The molecule has 0 aliphatic carbocycles. The fourth-order valence-corrected chi connectivity index (χ4v) is 10.8. The third-order valence-electron chi connectivity index (χ3n) is 15.3. The highest BCUT2D eigenvalue weighted by atomic mass is 35.5. The van der Waals surface area contributed by atoms with E-state index in [1.54, 1.807) is 30.3 Å². The SMILES string of the molecule is Nc1nnc(-c2cccc(OCc3c(Cl)cccc3Cl)c2)c(N)n1.Nc1nnc(-c2cccc(OCc3cc(C(F)(F)F)cc(C(F)(F)F)c3)c2)c(N)n1.Nc1nnc(-c2cccc(OCc3ccc4ccccc4c3)c2)c(N)n1.Nc1nnc(-c2cccc(OCc3cccc4ccccc34)c2)c(N)n1. The van der Waals surface area contributed by atoms with Crippen molar-refractivity contribution >= 4 is 91.8 Å². The van der Waals surface area contributed by atoms with Gasteiger partial charge in [0.05, 0.1) is 11.1 Å². The van der Waals surface area contributed by atoms with Gasteiger partial charge in [-0.15, -0.1) is 40.8 Å². The van der Waals surface area contributed by atoms with Gasteiger partial charge in [-0.2, -0.15) is 46.3 Å². The predicted octanol–water partition coefficient (Wildman–Crippen LogP) is 14.8. The van der Waals surface area contributed by atoms with Crippen LogP contribution >= 0.6 is 23.2 Å². The van der Waals surface area contributed by atoms with E-state index in [-0.39, 0.29) is 76.7 Å². The molecule has 32 heteroatoms. The Bertz CT molecular complexity index is 5400. The molecule has 10 aromatic carbocycles. The molecular weight excluding hydrogens is 1420 g/mol. The van der Waals surface area contributed by atoms with Crippen molar-refractivity contribution in [2.45, 2.75) is 38.8 Å². The summed E-state index contributed by atoms with van der Waals surface area (Å²) in [5, 5.41) is 36.6. The molecule has 0 fully saturated rings. The maximum Gasteiger partial charge on any atom is 0.416 e. The van der Waals surface area contributed by atoms with Crippen LogP contribution in [0.2, 0.25) is 10.0 Å². The van der Waals surface area contributed by atoms with Crippen molar-refractivity contribution < 1.29 is 45.3 Å². The van der Waals surface area contributed by atoms with Crippen LogP contribution in [0.3, 0.4) is 0 Å². The summed E-state index contributed by atoms with van der Waals surface area (Å²) < 4.78 is 101. The van der Waals surface area contributed by atoms with Gasteiger partial charge in [0.15, 0.2) is 23.3 Å². The van der Waals surface area contributed by atoms with Crippen LogP contribution in [-0.4, -0.2) is 60.7 Å². The second-order valence-corrected chi connectivity index (χ2v) is 23.6. The summed E-state index contributed by atoms with van der Waals surface area (Å²) in [4.78, 5) is 15.6. The summed E-state index contributed by atoms with van der Waals surface area (Å²) in [5.41, 5.74) is 49.3. The van der Waals surface area contributed by atoms with Gasteiger partial charge in [0.1, 0.15) is 72.2 Å². The first-order chi connectivity index (χ1) is 50.9. The maximum atomic E-state index is 13.0. The lowest BCUT2D eigenvalue weighted by atomic mass is 10.1. The Labute approximate surface area is 609 Å². The number of nitrogens with two attached hydrogens (primary N) is 8. The predicted molar refractivity (Wildman–Crippen MR) is 394 cm³/mol. The number of ether oxygens (including phenoxy) is 4. The summed E-state index contributed by atoms with van der Waals surface area (Å²) in [5.74, 6) is 2.88. The average molecular weight is 1480 g/mol. The number of rotatable bonds is 16. The lowest BCUT2D eigenvalue weighted by Crippen LogP contribution is -2.12. The quantitative estimate of drug-likeness (QED) is 0.0417. The minimum atomic E-state index is -4.94. The van der Waals surface area contributed by atoms with E-state index < -0.39 is 30.1 Å². The first-order valence-corrected chi connectivity index (χ1v) is 32.2. The van der Waals surface area contributed by atoms with E-state index in [0.29, 0.717) is 75.3 Å². The van der Waals surface area contributed by atoms with E-state index in [2.05, 4.69) is 115 Å². The molecule has 0 spiro atoms. The number of halogens is 8. The van der Waals surface area contributed by atoms with Gasteiger partial charge in [-0.3, -0.25) is 0 Å². The zero-order chi connectivity index (χ0) is 75.1. The van der Waals surface area contributed by atoms with E-state index in [1.807, 2.05) is 97.1 Å². The van der Waals surface area contributed by atoms with Crippen LogP contribution in [-0.2, 0) is 38.8 Å². The Morgan fingerprint density at radius 2 is 0.651 bits per heavy atom. The number of hydrogen-bond donors (Lipinski definition) is 8. The normalized spacial score (nSPS) is 11.1. The van der Waals surface area contributed by atoms with Crippen LogP contribution in [0.5, 0.6) is 23.0 Å². The standard InChI is InChI=1S/2C20H17N5O.C18H13F6N5O.C16H13Cl2N5O/c21-19-18(24-25-20(22)23-19)14-7-4-9-16(11-14)26-12-15-8-3-6-13-5-1-2-10-17(13)15;21-19-18(24-25-20(22)23-19)16-6-3-7-17(11-16)26-12-13-8-9-14-4-1-2-5-15(14)10-13;19-17(20,21)11-4-9(5-12(7-11)18(22,23)24)8-30-13-3-1-2-10(6-13)14-15(25)27-16(26)29-28-14;17-12-5-2-6-13(18)11(12)8-24-10-4-1-3-9(7-10)14-15(19)21-16(20)23-22-14/h2*1-11H,12H2,(H4,21,22,23,25);1-7H,8H2,(H4,25,26,27,29);1-7H,8H2,(H4,19,20,21,23). The molecule has 14 aromatic rings. The zero-order valence-corrected chi connectivity index (χ0v) is 56.8. The lowest BCUT2D eigenvalue weighted by molar-refractivity contribution is -0.143. The number of hydrogen-bond acceptors (Lipinski definition) is 24. The third kappa shape index (κ3) is 19.4. The fraction of sp³-hybridized carbons (Fsp3) is 0.0811. The number of fused-ring (bicyclic) bond motifs is 2. The van der Waals surface area contributed by atoms with Crippen molar-refractivity contribution in [2.75, 3.05) is 45.9 Å². The largest absolute Gasteiger partial charge is 0.489 e. The van der Waals surface area contributed by atoms with Crippen LogP contribution < -0.4 is 64.8 Å². The summed E-state index contributed by atoms with van der Waals surface area (Å²) in [7, 11) is 0. The molecule has 0 amide bonds. The second kappa shape index (κ2) is 33.1. The van der Waals surface area contributed by atoms with Gasteiger partial charge in [0.25, 0.3) is 0 Å². The van der Waals surface area contributed by atoms with Crippen LogP contribution in [0.15, 0.2) is 218 Å². The van der Waals surface area contributed by atoms with Crippen molar-refractivity contribution in [3.63, 3.8) is 0 Å². The summed E-state index contributed by atoms with van der Waals surface area (Å²) >= 11 is 12.3. The smallest absolute Gasteiger partial charge is 0.416 e. The molecule has 16 N–H and O–H groups in total. The van der Waals surface area contributed by atoms with Gasteiger partial charge in [-0.05, 0) is 123 Å². The monoisotopic (exact) mass is 1480 g/mol. The van der Waals surface area contributed by atoms with E-state index in [4.69, 9.17) is 88.0 Å². The molecule has 0 saturated heterocycles. The highest BCUT2D eigenvalue weighted by Gasteiger charge is 2.37. The number of benzene rings is 10. The number of nitrogen functional groups attached to an aromatic ring is 8. The van der Waals surface area contributed by atoms with Crippen molar-refractivity contribution in [3.05, 3.63) is 262 Å². The van der Waals surface area contributed by atoms with Gasteiger partial charge >= 0.3 is 12.4 Å². The Balaban J connectivity index is 0.000000141. The van der Waals surface area contributed by atoms with Crippen molar-refractivity contribution in [1.29, 1.82) is 0 Å². The third-order valence-corrected chi connectivity index (χ3v) is 16.0. The average Bonchev–Trinajstić information content (AvgIpc) is 0.810. The van der Waals surface area contributed by atoms with Crippen molar-refractivity contribution in [3.8, 4) is 68.0 Å². The van der Waals surface area contributed by atoms with Crippen molar-refractivity contribution in [1.82, 2.24) is 60.7 Å². The fourth-order valence-electron chi connectivity index (χ4n) is 10.3. The Morgan fingerprint density at radius 1 is 0.302 bits per heavy atom. The van der Waals surface area contributed by atoms with E-state index in [1.165, 1.54) is 39.7 Å². The molecule has 14 rings (SSSR count). The highest BCUT2D eigenvalue weighted by Crippen LogP contribution is 2.38. The highest BCUT2D eigenvalue weighted by molar-refractivity contribution is 6.36. The molecule has 4 aromatic heterocycles. The first kappa shape index (κ1) is 73.7. The molecule has 106 heavy (non-hydrogen) atoms. The molecule has 536 valence electrons. The van der Waals surface area contributed by atoms with E-state index in [0.717, 1.165) is 33.4 Å². The van der Waals surface area contributed by atoms with Gasteiger partial charge in [-0.1, -0.05) is 157 Å². The molecule has 24 nitrogen and oxygen atoms in total. The summed E-state index contributed by atoms with van der Waals surface area (Å²) in [6.45, 7) is 0.641. The number of alkyl halides is 6. The molecule has 0 atom stereocenters. The van der Waals surface area contributed by atoms with Gasteiger partial charge in [0, 0.05) is 37.9 Å². The Hall–Kier alpha value is -13.5. The summed E-state index contributed by atoms with van der Waals surface area (Å²) in [6, 6.07) is 63.9. The molecule has 0 aliphatic heterocycles. The lowest BCUT2D eigenvalue weighted by Gasteiger charge is -2.15. The summed E-state index contributed by atoms with van der Waals surface area (Å²) in [6.07, 6.45) is -9.87. The maximum absolute atomic E-state index is 13.0. The second-order valence-electron chi connectivity index (χ2n) is 22.8. The van der Waals surface area contributed by atoms with E-state index in [9.17, 15) is 26.3 Å². The molecule has 0 radical (unpaired) electrons. The molecule has 0 bridgehead atoms.